The highest BCUT2D eigenvalue weighted by atomic mass is 19.4. The first-order valence-corrected chi connectivity index (χ1v) is 8.77. The number of hydrogen-bond donors (Lipinski definition) is 1. The summed E-state index contributed by atoms with van der Waals surface area (Å²) in [4.78, 5) is 0. The minimum absolute atomic E-state index is 0.170. The summed E-state index contributed by atoms with van der Waals surface area (Å²) >= 11 is 0. The van der Waals surface area contributed by atoms with Crippen molar-refractivity contribution in [2.45, 2.75) is 32.5 Å². The molecule has 0 saturated heterocycles. The van der Waals surface area contributed by atoms with Crippen LogP contribution in [-0.4, -0.2) is 19.8 Å². The maximum atomic E-state index is 12.8. The van der Waals surface area contributed by atoms with Gasteiger partial charge in [-0.2, -0.15) is 13.2 Å². The molecule has 0 spiro atoms. The van der Waals surface area contributed by atoms with Crippen molar-refractivity contribution >= 4 is 0 Å². The highest BCUT2D eigenvalue weighted by molar-refractivity contribution is 5.51. The van der Waals surface area contributed by atoms with Gasteiger partial charge < -0.3 is 14.8 Å². The van der Waals surface area contributed by atoms with Gasteiger partial charge in [0.1, 0.15) is 0 Å². The fourth-order valence-corrected chi connectivity index (χ4v) is 3.26. The molecule has 0 bridgehead atoms. The molecule has 0 aromatic heterocycles. The normalized spacial score (nSPS) is 16.9. The molecule has 3 rings (SSSR count). The van der Waals surface area contributed by atoms with Crippen LogP contribution in [0.25, 0.3) is 0 Å². The second-order valence-electron chi connectivity index (χ2n) is 6.12. The minimum Gasteiger partial charge on any atom is -0.490 e. The molecule has 0 unspecified atom stereocenters. The van der Waals surface area contributed by atoms with E-state index in [9.17, 15) is 13.2 Å². The lowest BCUT2D eigenvalue weighted by Gasteiger charge is -2.29. The first-order chi connectivity index (χ1) is 12.4. The van der Waals surface area contributed by atoms with Crippen LogP contribution in [0.1, 0.15) is 42.1 Å². The summed E-state index contributed by atoms with van der Waals surface area (Å²) in [6.07, 6.45) is -3.50. The van der Waals surface area contributed by atoms with Crippen molar-refractivity contribution in [3.05, 3.63) is 58.7 Å². The molecule has 140 valence electrons. The molecule has 6 heteroatoms. The summed E-state index contributed by atoms with van der Waals surface area (Å²) < 4.78 is 49.8. The Morgan fingerprint density at radius 2 is 1.62 bits per heavy atom. The lowest BCUT2D eigenvalue weighted by Crippen LogP contribution is -2.30. The number of nitrogens with one attached hydrogen (secondary N) is 1. The van der Waals surface area contributed by atoms with Crippen LogP contribution in [0.3, 0.4) is 0 Å². The molecular weight excluding hydrogens is 343 g/mol. The maximum Gasteiger partial charge on any atom is 0.416 e. The number of benzene rings is 2. The zero-order valence-electron chi connectivity index (χ0n) is 14.8. The Labute approximate surface area is 151 Å². The molecule has 3 nitrogen and oxygen atoms in total. The largest absolute Gasteiger partial charge is 0.490 e. The molecule has 1 N–H and O–H groups in total. The summed E-state index contributed by atoms with van der Waals surface area (Å²) in [5, 5.41) is 3.39. The maximum absolute atomic E-state index is 12.8. The highest BCUT2D eigenvalue weighted by Gasteiger charge is 2.31. The highest BCUT2D eigenvalue weighted by Crippen LogP contribution is 2.38. The first kappa shape index (κ1) is 18.6. The summed E-state index contributed by atoms with van der Waals surface area (Å²) in [7, 11) is 0. The van der Waals surface area contributed by atoms with Crippen LogP contribution in [0.4, 0.5) is 13.2 Å². The molecule has 0 amide bonds. The number of ether oxygens (including phenoxy) is 2. The van der Waals surface area contributed by atoms with Crippen molar-refractivity contribution in [1.82, 2.24) is 5.32 Å². The number of fused-ring (bicyclic) bond motifs is 1. The van der Waals surface area contributed by atoms with Crippen LogP contribution in [0, 0.1) is 0 Å². The molecule has 1 aliphatic heterocycles. The van der Waals surface area contributed by atoms with Crippen LogP contribution in [-0.2, 0) is 12.6 Å². The lowest BCUT2D eigenvalue weighted by molar-refractivity contribution is -0.137. The summed E-state index contributed by atoms with van der Waals surface area (Å²) in [5.41, 5.74) is 2.30. The van der Waals surface area contributed by atoms with Gasteiger partial charge in [-0.05, 0) is 61.2 Å². The summed E-state index contributed by atoms with van der Waals surface area (Å²) in [6, 6.07) is 9.08. The third kappa shape index (κ3) is 3.80. The van der Waals surface area contributed by atoms with Gasteiger partial charge in [0, 0.05) is 6.54 Å². The predicted molar refractivity (Wildman–Crippen MR) is 93.8 cm³/mol. The van der Waals surface area contributed by atoms with Crippen LogP contribution in [0.5, 0.6) is 11.5 Å². The minimum atomic E-state index is -4.33. The third-order valence-electron chi connectivity index (χ3n) is 4.43. The fraction of sp³-hybridized carbons (Fsp3) is 0.400. The van der Waals surface area contributed by atoms with Crippen LogP contribution in [0.2, 0.25) is 0 Å². The average Bonchev–Trinajstić information content (AvgIpc) is 2.61. The quantitative estimate of drug-likeness (QED) is 0.830. The predicted octanol–water partition coefficient (Wildman–Crippen LogP) is 4.74. The van der Waals surface area contributed by atoms with E-state index in [0.29, 0.717) is 24.7 Å². The number of halogens is 3. The fourth-order valence-electron chi connectivity index (χ4n) is 3.26. The Morgan fingerprint density at radius 3 is 2.19 bits per heavy atom. The topological polar surface area (TPSA) is 30.5 Å². The van der Waals surface area contributed by atoms with E-state index in [1.165, 1.54) is 12.1 Å². The molecular formula is C20H22F3NO2. The lowest BCUT2D eigenvalue weighted by atomic mass is 9.89. The average molecular weight is 365 g/mol. The van der Waals surface area contributed by atoms with E-state index in [1.54, 1.807) is 0 Å². The molecule has 2 aromatic rings. The van der Waals surface area contributed by atoms with Crippen molar-refractivity contribution in [3.63, 3.8) is 0 Å². The van der Waals surface area contributed by atoms with Gasteiger partial charge in [-0.1, -0.05) is 12.1 Å². The van der Waals surface area contributed by atoms with Crippen molar-refractivity contribution in [2.75, 3.05) is 19.8 Å². The van der Waals surface area contributed by atoms with Gasteiger partial charge in [0.05, 0.1) is 24.8 Å². The van der Waals surface area contributed by atoms with Crippen LogP contribution >= 0.6 is 0 Å². The standard InChI is InChI=1S/C20H22F3NO2/c1-3-25-17-11-14-9-10-24-19(16(14)12-18(17)26-4-2)13-5-7-15(8-6-13)20(21,22)23/h5-8,11-12,19,24H,3-4,9-10H2,1-2H3/t19-/m0/s1. The van der Waals surface area contributed by atoms with Crippen molar-refractivity contribution < 1.29 is 22.6 Å². The van der Waals surface area contributed by atoms with Crippen molar-refractivity contribution in [1.29, 1.82) is 0 Å². The van der Waals surface area contributed by atoms with Gasteiger partial charge in [0.25, 0.3) is 0 Å². The Balaban J connectivity index is 1.98. The summed E-state index contributed by atoms with van der Waals surface area (Å²) in [6.45, 7) is 5.62. The molecule has 1 heterocycles. The Kier molecular flexibility index (Phi) is 5.41. The van der Waals surface area contributed by atoms with Gasteiger partial charge in [-0.3, -0.25) is 0 Å². The van der Waals surface area contributed by atoms with Crippen LogP contribution in [0.15, 0.2) is 36.4 Å². The Bertz CT molecular complexity index is 757. The monoisotopic (exact) mass is 365 g/mol. The van der Waals surface area contributed by atoms with E-state index in [1.807, 2.05) is 26.0 Å². The van der Waals surface area contributed by atoms with Gasteiger partial charge in [-0.25, -0.2) is 0 Å². The Hall–Kier alpha value is -2.21. The molecule has 0 radical (unpaired) electrons. The van der Waals surface area contributed by atoms with E-state index in [4.69, 9.17) is 9.47 Å². The molecule has 0 fully saturated rings. The van der Waals surface area contributed by atoms with Gasteiger partial charge in [0.15, 0.2) is 11.5 Å². The molecule has 26 heavy (non-hydrogen) atoms. The molecule has 1 aliphatic rings. The van der Waals surface area contributed by atoms with Crippen LogP contribution < -0.4 is 14.8 Å². The zero-order valence-corrected chi connectivity index (χ0v) is 14.8. The summed E-state index contributed by atoms with van der Waals surface area (Å²) in [5.74, 6) is 1.37. The van der Waals surface area contributed by atoms with Crippen molar-refractivity contribution in [2.24, 2.45) is 0 Å². The number of rotatable bonds is 5. The second-order valence-corrected chi connectivity index (χ2v) is 6.12. The van der Waals surface area contributed by atoms with Gasteiger partial charge in [-0.15, -0.1) is 0 Å². The van der Waals surface area contributed by atoms with Crippen molar-refractivity contribution in [3.8, 4) is 11.5 Å². The Morgan fingerprint density at radius 1 is 1.00 bits per heavy atom. The molecule has 0 aliphatic carbocycles. The smallest absolute Gasteiger partial charge is 0.416 e. The SMILES string of the molecule is CCOc1cc2c(cc1OCC)[C@H](c1ccc(C(F)(F)F)cc1)NCC2. The van der Waals surface area contributed by atoms with E-state index < -0.39 is 11.7 Å². The van der Waals surface area contributed by atoms with Gasteiger partial charge >= 0.3 is 6.18 Å². The third-order valence-corrected chi connectivity index (χ3v) is 4.43. The van der Waals surface area contributed by atoms with Gasteiger partial charge in [0.2, 0.25) is 0 Å². The molecule has 1 atom stereocenters. The first-order valence-electron chi connectivity index (χ1n) is 8.77. The molecule has 0 saturated carbocycles. The number of alkyl halides is 3. The number of hydrogen-bond acceptors (Lipinski definition) is 3. The van der Waals surface area contributed by atoms with E-state index in [2.05, 4.69) is 5.32 Å². The second kappa shape index (κ2) is 7.58. The van der Waals surface area contributed by atoms with E-state index >= 15 is 0 Å². The van der Waals surface area contributed by atoms with E-state index in [0.717, 1.165) is 41.8 Å². The zero-order chi connectivity index (χ0) is 18.7. The van der Waals surface area contributed by atoms with E-state index in [-0.39, 0.29) is 6.04 Å². The molecule has 2 aromatic carbocycles.